The highest BCUT2D eigenvalue weighted by molar-refractivity contribution is 7.12. The number of carbonyl (C=O) groups excluding carboxylic acids is 2. The molecule has 0 saturated heterocycles. The summed E-state index contributed by atoms with van der Waals surface area (Å²) in [5.41, 5.74) is 0. The lowest BCUT2D eigenvalue weighted by molar-refractivity contribution is 0.0867. The highest BCUT2D eigenvalue weighted by Crippen LogP contribution is 2.21. The van der Waals surface area contributed by atoms with Crippen molar-refractivity contribution in [3.63, 3.8) is 0 Å². The van der Waals surface area contributed by atoms with Gasteiger partial charge in [0.05, 0.1) is 9.75 Å². The Morgan fingerprint density at radius 2 is 1.32 bits per heavy atom. The summed E-state index contributed by atoms with van der Waals surface area (Å²) in [5.74, 6) is -0.0884. The SMILES string of the molecule is O=C(N[C@H]1CCCC[C@@H]1NC(=O)c1cccs1)c1cccs1. The van der Waals surface area contributed by atoms with Gasteiger partial charge in [0, 0.05) is 12.1 Å². The van der Waals surface area contributed by atoms with Crippen molar-refractivity contribution in [1.82, 2.24) is 10.6 Å². The van der Waals surface area contributed by atoms with Gasteiger partial charge in [-0.2, -0.15) is 0 Å². The van der Waals surface area contributed by atoms with Gasteiger partial charge < -0.3 is 10.6 Å². The van der Waals surface area contributed by atoms with E-state index in [0.29, 0.717) is 9.75 Å². The van der Waals surface area contributed by atoms with Gasteiger partial charge in [-0.1, -0.05) is 25.0 Å². The summed E-state index contributed by atoms with van der Waals surface area (Å²) >= 11 is 2.87. The average molecular weight is 334 g/mol. The highest BCUT2D eigenvalue weighted by atomic mass is 32.1. The van der Waals surface area contributed by atoms with E-state index in [2.05, 4.69) is 10.6 Å². The summed E-state index contributed by atoms with van der Waals surface area (Å²) < 4.78 is 0. The van der Waals surface area contributed by atoms with E-state index >= 15 is 0 Å². The number of carbonyl (C=O) groups is 2. The number of hydrogen-bond acceptors (Lipinski definition) is 4. The molecule has 1 saturated carbocycles. The van der Waals surface area contributed by atoms with Crippen molar-refractivity contribution in [2.75, 3.05) is 0 Å². The Morgan fingerprint density at radius 3 is 1.68 bits per heavy atom. The topological polar surface area (TPSA) is 58.2 Å². The number of rotatable bonds is 4. The van der Waals surface area contributed by atoms with Crippen LogP contribution in [-0.2, 0) is 0 Å². The third-order valence-corrected chi connectivity index (χ3v) is 5.63. The monoisotopic (exact) mass is 334 g/mol. The second-order valence-electron chi connectivity index (χ2n) is 5.40. The third-order valence-electron chi connectivity index (χ3n) is 3.89. The molecule has 0 radical (unpaired) electrons. The van der Waals surface area contributed by atoms with Gasteiger partial charge in [-0.25, -0.2) is 0 Å². The molecule has 2 aromatic heterocycles. The molecule has 3 rings (SSSR count). The molecule has 2 amide bonds. The summed E-state index contributed by atoms with van der Waals surface area (Å²) in [6.45, 7) is 0. The zero-order valence-electron chi connectivity index (χ0n) is 12.1. The largest absolute Gasteiger partial charge is 0.347 e. The van der Waals surface area contributed by atoms with Crippen molar-refractivity contribution >= 4 is 34.5 Å². The predicted octanol–water partition coefficient (Wildman–Crippen LogP) is 3.28. The maximum Gasteiger partial charge on any atom is 0.261 e. The Labute approximate surface area is 137 Å². The van der Waals surface area contributed by atoms with Gasteiger partial charge in [-0.3, -0.25) is 9.59 Å². The van der Waals surface area contributed by atoms with Crippen LogP contribution in [0.1, 0.15) is 45.0 Å². The molecule has 1 aliphatic rings. The van der Waals surface area contributed by atoms with E-state index in [-0.39, 0.29) is 23.9 Å². The fourth-order valence-corrected chi connectivity index (χ4v) is 4.02. The Hall–Kier alpha value is -1.66. The first-order valence-corrected chi connectivity index (χ1v) is 9.19. The summed E-state index contributed by atoms with van der Waals surface area (Å²) in [6, 6.07) is 7.40. The van der Waals surface area contributed by atoms with Crippen LogP contribution in [0.3, 0.4) is 0 Å². The number of amides is 2. The van der Waals surface area contributed by atoms with Crippen LogP contribution in [0.5, 0.6) is 0 Å². The molecule has 2 heterocycles. The predicted molar refractivity (Wildman–Crippen MR) is 89.6 cm³/mol. The van der Waals surface area contributed by atoms with E-state index in [1.54, 1.807) is 0 Å². The Kier molecular flexibility index (Phi) is 4.90. The van der Waals surface area contributed by atoms with Gasteiger partial charge in [-0.05, 0) is 35.7 Å². The first kappa shape index (κ1) is 15.2. The molecule has 0 aliphatic heterocycles. The van der Waals surface area contributed by atoms with Gasteiger partial charge in [0.15, 0.2) is 0 Å². The fourth-order valence-electron chi connectivity index (χ4n) is 2.77. The molecule has 1 aliphatic carbocycles. The van der Waals surface area contributed by atoms with Gasteiger partial charge in [0.2, 0.25) is 0 Å². The van der Waals surface area contributed by atoms with E-state index in [0.717, 1.165) is 25.7 Å². The van der Waals surface area contributed by atoms with Gasteiger partial charge in [0.1, 0.15) is 0 Å². The second kappa shape index (κ2) is 7.07. The minimum absolute atomic E-state index is 0.00672. The molecule has 116 valence electrons. The van der Waals surface area contributed by atoms with E-state index in [9.17, 15) is 9.59 Å². The summed E-state index contributed by atoms with van der Waals surface area (Å²) in [7, 11) is 0. The van der Waals surface area contributed by atoms with Crippen LogP contribution in [0.4, 0.5) is 0 Å². The van der Waals surface area contributed by atoms with Crippen molar-refractivity contribution in [2.45, 2.75) is 37.8 Å². The van der Waals surface area contributed by atoms with Crippen LogP contribution >= 0.6 is 22.7 Å². The molecule has 2 atom stereocenters. The molecule has 0 unspecified atom stereocenters. The fraction of sp³-hybridized carbons (Fsp3) is 0.375. The molecule has 4 nitrogen and oxygen atoms in total. The lowest BCUT2D eigenvalue weighted by Crippen LogP contribution is -2.53. The smallest absolute Gasteiger partial charge is 0.261 e. The average Bonchev–Trinajstić information content (AvgIpc) is 3.23. The Morgan fingerprint density at radius 1 is 0.864 bits per heavy atom. The highest BCUT2D eigenvalue weighted by Gasteiger charge is 2.28. The Bertz CT molecular complexity index is 566. The van der Waals surface area contributed by atoms with Crippen molar-refractivity contribution in [2.24, 2.45) is 0 Å². The normalized spacial score (nSPS) is 21.3. The maximum absolute atomic E-state index is 12.2. The molecule has 2 N–H and O–H groups in total. The lowest BCUT2D eigenvalue weighted by Gasteiger charge is -2.32. The first-order chi connectivity index (χ1) is 10.7. The summed E-state index contributed by atoms with van der Waals surface area (Å²) in [5, 5.41) is 9.95. The van der Waals surface area contributed by atoms with Crippen LogP contribution in [-0.4, -0.2) is 23.9 Å². The molecular weight excluding hydrogens is 316 g/mol. The molecule has 22 heavy (non-hydrogen) atoms. The molecule has 1 fully saturated rings. The minimum atomic E-state index is -0.0442. The van der Waals surface area contributed by atoms with Crippen molar-refractivity contribution in [1.29, 1.82) is 0 Å². The molecular formula is C16H18N2O2S2. The molecule has 0 spiro atoms. The molecule has 6 heteroatoms. The Balaban J connectivity index is 1.63. The number of nitrogens with one attached hydrogen (secondary N) is 2. The molecule has 2 aromatic rings. The lowest BCUT2D eigenvalue weighted by atomic mass is 9.90. The van der Waals surface area contributed by atoms with Crippen LogP contribution in [0.25, 0.3) is 0 Å². The van der Waals surface area contributed by atoms with Crippen LogP contribution in [0.2, 0.25) is 0 Å². The van der Waals surface area contributed by atoms with E-state index < -0.39 is 0 Å². The maximum atomic E-state index is 12.2. The minimum Gasteiger partial charge on any atom is -0.347 e. The zero-order valence-corrected chi connectivity index (χ0v) is 13.7. The summed E-state index contributed by atoms with van der Waals surface area (Å²) in [4.78, 5) is 25.9. The third kappa shape index (κ3) is 3.56. The zero-order chi connectivity index (χ0) is 15.4. The molecule has 0 aromatic carbocycles. The van der Waals surface area contributed by atoms with E-state index in [1.165, 1.54) is 22.7 Å². The van der Waals surface area contributed by atoms with Crippen LogP contribution in [0, 0.1) is 0 Å². The quantitative estimate of drug-likeness (QED) is 0.901. The second-order valence-corrected chi connectivity index (χ2v) is 7.29. The van der Waals surface area contributed by atoms with Crippen molar-refractivity contribution in [3.05, 3.63) is 44.8 Å². The van der Waals surface area contributed by atoms with Gasteiger partial charge in [-0.15, -0.1) is 22.7 Å². The van der Waals surface area contributed by atoms with Crippen LogP contribution in [0.15, 0.2) is 35.0 Å². The first-order valence-electron chi connectivity index (χ1n) is 7.43. The standard InChI is InChI=1S/C16H18N2O2S2/c19-15(13-7-3-9-21-13)17-11-5-1-2-6-12(11)18-16(20)14-8-4-10-22-14/h3-4,7-12H,1-2,5-6H2,(H,17,19)(H,18,20)/t11-,12-/m0/s1. The van der Waals surface area contributed by atoms with Crippen LogP contribution < -0.4 is 10.6 Å². The van der Waals surface area contributed by atoms with Crippen molar-refractivity contribution < 1.29 is 9.59 Å². The van der Waals surface area contributed by atoms with Gasteiger partial charge in [0.25, 0.3) is 11.8 Å². The number of hydrogen-bond donors (Lipinski definition) is 2. The van der Waals surface area contributed by atoms with E-state index in [4.69, 9.17) is 0 Å². The van der Waals surface area contributed by atoms with E-state index in [1.807, 2.05) is 35.0 Å². The number of thiophene rings is 2. The molecule has 0 bridgehead atoms. The van der Waals surface area contributed by atoms with Gasteiger partial charge >= 0.3 is 0 Å². The summed E-state index contributed by atoms with van der Waals surface area (Å²) in [6.07, 6.45) is 3.99. The van der Waals surface area contributed by atoms with Crippen molar-refractivity contribution in [3.8, 4) is 0 Å².